The largest absolute Gasteiger partial charge is 0.454 e. The van der Waals surface area contributed by atoms with Crippen molar-refractivity contribution in [2.45, 2.75) is 18.8 Å². The minimum absolute atomic E-state index is 0.0112. The maximum absolute atomic E-state index is 13.1. The molecular formula is C25H22N4O4. The number of amides is 1. The van der Waals surface area contributed by atoms with Gasteiger partial charge in [0.1, 0.15) is 0 Å². The Morgan fingerprint density at radius 3 is 2.64 bits per heavy atom. The quantitative estimate of drug-likeness (QED) is 0.469. The molecule has 1 amide bonds. The third kappa shape index (κ3) is 3.73. The molecule has 0 aliphatic carbocycles. The molecule has 2 aliphatic heterocycles. The van der Waals surface area contributed by atoms with Crippen LogP contribution in [0.1, 0.15) is 35.0 Å². The number of nitrogens with zero attached hydrogens (tertiary/aromatic N) is 4. The molecule has 0 N–H and O–H groups in total. The predicted molar refractivity (Wildman–Crippen MR) is 120 cm³/mol. The molecule has 1 fully saturated rings. The first kappa shape index (κ1) is 19.6. The van der Waals surface area contributed by atoms with E-state index in [0.29, 0.717) is 35.4 Å². The highest BCUT2D eigenvalue weighted by Crippen LogP contribution is 2.36. The molecule has 0 saturated carbocycles. The van der Waals surface area contributed by atoms with Gasteiger partial charge in [-0.1, -0.05) is 0 Å². The van der Waals surface area contributed by atoms with Gasteiger partial charge in [0.25, 0.3) is 5.91 Å². The first-order chi connectivity index (χ1) is 16.2. The van der Waals surface area contributed by atoms with Crippen LogP contribution in [-0.4, -0.2) is 45.5 Å². The molecule has 1 atom stereocenters. The van der Waals surface area contributed by atoms with Crippen LogP contribution in [0.5, 0.6) is 11.5 Å². The monoisotopic (exact) mass is 442 g/mol. The van der Waals surface area contributed by atoms with Crippen molar-refractivity contribution < 1.29 is 18.7 Å². The summed E-state index contributed by atoms with van der Waals surface area (Å²) in [6.45, 7) is 1.49. The fourth-order valence-electron chi connectivity index (χ4n) is 4.37. The SMILES string of the molecule is O=C(c1ccc(-n2cccc2)cc1)N1CCCC(c2nnc(-c3ccc4c(c3)OCO4)o2)C1. The van der Waals surface area contributed by atoms with E-state index in [4.69, 9.17) is 13.9 Å². The van der Waals surface area contributed by atoms with Crippen molar-refractivity contribution in [3.05, 3.63) is 78.4 Å². The first-order valence-corrected chi connectivity index (χ1v) is 11.0. The Balaban J connectivity index is 1.16. The van der Waals surface area contributed by atoms with Crippen LogP contribution < -0.4 is 9.47 Å². The van der Waals surface area contributed by atoms with Crippen molar-refractivity contribution >= 4 is 5.91 Å². The lowest BCUT2D eigenvalue weighted by molar-refractivity contribution is 0.0698. The summed E-state index contributed by atoms with van der Waals surface area (Å²) >= 11 is 0. The summed E-state index contributed by atoms with van der Waals surface area (Å²) in [5, 5.41) is 8.52. The molecule has 0 bridgehead atoms. The fourth-order valence-corrected chi connectivity index (χ4v) is 4.37. The average molecular weight is 442 g/mol. The van der Waals surface area contributed by atoms with Gasteiger partial charge < -0.3 is 23.4 Å². The molecule has 4 heterocycles. The smallest absolute Gasteiger partial charge is 0.253 e. The molecule has 33 heavy (non-hydrogen) atoms. The molecule has 2 aromatic heterocycles. The van der Waals surface area contributed by atoms with Gasteiger partial charge in [0.15, 0.2) is 11.5 Å². The van der Waals surface area contributed by atoms with Crippen molar-refractivity contribution in [1.82, 2.24) is 19.7 Å². The van der Waals surface area contributed by atoms with Crippen LogP contribution in [0.4, 0.5) is 0 Å². The van der Waals surface area contributed by atoms with E-state index in [1.165, 1.54) is 0 Å². The maximum Gasteiger partial charge on any atom is 0.253 e. The van der Waals surface area contributed by atoms with Gasteiger partial charge >= 0.3 is 0 Å². The molecule has 166 valence electrons. The second kappa shape index (κ2) is 8.12. The molecular weight excluding hydrogens is 420 g/mol. The lowest BCUT2D eigenvalue weighted by Gasteiger charge is -2.31. The van der Waals surface area contributed by atoms with Crippen molar-refractivity contribution in [2.75, 3.05) is 19.9 Å². The molecule has 8 heteroatoms. The number of carbonyl (C=O) groups is 1. The molecule has 1 saturated heterocycles. The van der Waals surface area contributed by atoms with Gasteiger partial charge in [-0.2, -0.15) is 0 Å². The third-order valence-electron chi connectivity index (χ3n) is 6.13. The maximum atomic E-state index is 13.1. The van der Waals surface area contributed by atoms with Gasteiger partial charge in [0.05, 0.1) is 5.92 Å². The fraction of sp³-hybridized carbons (Fsp3) is 0.240. The Kier molecular flexibility index (Phi) is 4.83. The zero-order valence-electron chi connectivity index (χ0n) is 17.9. The lowest BCUT2D eigenvalue weighted by Crippen LogP contribution is -2.39. The molecule has 2 aliphatic rings. The second-order valence-electron chi connectivity index (χ2n) is 8.24. The topological polar surface area (TPSA) is 82.6 Å². The summed E-state index contributed by atoms with van der Waals surface area (Å²) in [7, 11) is 0. The summed E-state index contributed by atoms with van der Waals surface area (Å²) in [6.07, 6.45) is 5.75. The molecule has 0 radical (unpaired) electrons. The number of carbonyl (C=O) groups excluding carboxylic acids is 1. The minimum atomic E-state index is 0.0112. The standard InChI is InChI=1S/C25H22N4O4/c30-25(17-5-8-20(9-6-17)28-11-1-2-12-28)29-13-3-4-19(15-29)24-27-26-23(33-24)18-7-10-21-22(14-18)32-16-31-21/h1-2,5-12,14,19H,3-4,13,15-16H2. The Hall–Kier alpha value is -4.07. The Labute approximate surface area is 190 Å². The van der Waals surface area contributed by atoms with E-state index in [-0.39, 0.29) is 18.6 Å². The van der Waals surface area contributed by atoms with E-state index in [2.05, 4.69) is 10.2 Å². The summed E-state index contributed by atoms with van der Waals surface area (Å²) in [5.41, 5.74) is 2.48. The van der Waals surface area contributed by atoms with E-state index in [0.717, 1.165) is 30.6 Å². The number of fused-ring (bicyclic) bond motifs is 1. The van der Waals surface area contributed by atoms with Gasteiger partial charge in [-0.15, -0.1) is 10.2 Å². The highest BCUT2D eigenvalue weighted by Gasteiger charge is 2.29. The van der Waals surface area contributed by atoms with Crippen LogP contribution in [0.3, 0.4) is 0 Å². The zero-order valence-corrected chi connectivity index (χ0v) is 17.9. The van der Waals surface area contributed by atoms with Gasteiger partial charge in [0.2, 0.25) is 18.6 Å². The van der Waals surface area contributed by atoms with Gasteiger partial charge in [-0.25, -0.2) is 0 Å². The van der Waals surface area contributed by atoms with Crippen molar-refractivity contribution in [3.8, 4) is 28.6 Å². The van der Waals surface area contributed by atoms with Crippen LogP contribution in [0, 0.1) is 0 Å². The normalized spacial score (nSPS) is 17.3. The number of hydrogen-bond acceptors (Lipinski definition) is 6. The first-order valence-electron chi connectivity index (χ1n) is 11.0. The van der Waals surface area contributed by atoms with Crippen molar-refractivity contribution in [2.24, 2.45) is 0 Å². The molecule has 6 rings (SSSR count). The van der Waals surface area contributed by atoms with Crippen molar-refractivity contribution in [3.63, 3.8) is 0 Å². The third-order valence-corrected chi connectivity index (χ3v) is 6.13. The van der Waals surface area contributed by atoms with Gasteiger partial charge in [0, 0.05) is 42.3 Å². The molecule has 2 aromatic carbocycles. The number of hydrogen-bond donors (Lipinski definition) is 0. The van der Waals surface area contributed by atoms with Crippen LogP contribution in [0.2, 0.25) is 0 Å². The second-order valence-corrected chi connectivity index (χ2v) is 8.24. The zero-order chi connectivity index (χ0) is 22.2. The highest BCUT2D eigenvalue weighted by atomic mass is 16.7. The molecule has 0 spiro atoms. The number of likely N-dealkylation sites (tertiary alicyclic amines) is 1. The van der Waals surface area contributed by atoms with Gasteiger partial charge in [-0.05, 0) is 67.4 Å². The summed E-state index contributed by atoms with van der Waals surface area (Å²) < 4.78 is 18.8. The van der Waals surface area contributed by atoms with Crippen LogP contribution in [-0.2, 0) is 0 Å². The average Bonchev–Trinajstić information content (AvgIpc) is 3.65. The Bertz CT molecular complexity index is 1280. The van der Waals surface area contributed by atoms with Crippen LogP contribution >= 0.6 is 0 Å². The highest BCUT2D eigenvalue weighted by molar-refractivity contribution is 5.94. The minimum Gasteiger partial charge on any atom is -0.454 e. The lowest BCUT2D eigenvalue weighted by atomic mass is 9.97. The Morgan fingerprint density at radius 2 is 1.79 bits per heavy atom. The van der Waals surface area contributed by atoms with E-state index in [1.807, 2.05) is 76.5 Å². The molecule has 1 unspecified atom stereocenters. The number of ether oxygens (including phenoxy) is 2. The molecule has 8 nitrogen and oxygen atoms in total. The summed E-state index contributed by atoms with van der Waals surface area (Å²) in [5.74, 6) is 2.41. The number of aromatic nitrogens is 3. The molecule has 4 aromatic rings. The number of piperidine rings is 1. The van der Waals surface area contributed by atoms with Crippen LogP contribution in [0.15, 0.2) is 71.4 Å². The van der Waals surface area contributed by atoms with E-state index >= 15 is 0 Å². The van der Waals surface area contributed by atoms with Gasteiger partial charge in [-0.3, -0.25) is 4.79 Å². The summed E-state index contributed by atoms with van der Waals surface area (Å²) in [6, 6.07) is 17.2. The van der Waals surface area contributed by atoms with Crippen LogP contribution in [0.25, 0.3) is 17.1 Å². The summed E-state index contributed by atoms with van der Waals surface area (Å²) in [4.78, 5) is 15.0. The van der Waals surface area contributed by atoms with E-state index < -0.39 is 0 Å². The number of benzene rings is 2. The Morgan fingerprint density at radius 1 is 0.970 bits per heavy atom. The number of rotatable bonds is 4. The van der Waals surface area contributed by atoms with E-state index in [9.17, 15) is 4.79 Å². The van der Waals surface area contributed by atoms with E-state index in [1.54, 1.807) is 0 Å². The van der Waals surface area contributed by atoms with Crippen molar-refractivity contribution in [1.29, 1.82) is 0 Å². The predicted octanol–water partition coefficient (Wildman–Crippen LogP) is 4.28.